The number of ketones is 2. The van der Waals surface area contributed by atoms with E-state index in [1.165, 1.54) is 0 Å². The molecule has 0 rings (SSSR count). The molecular weight excluding hydrogens is 438 g/mol. The van der Waals surface area contributed by atoms with E-state index in [2.05, 4.69) is 74.6 Å². The van der Waals surface area contributed by atoms with E-state index in [-0.39, 0.29) is 23.2 Å². The number of carbonyl (C=O) groups excluding carboxylic acids is 2. The Morgan fingerprint density at radius 1 is 0.657 bits per heavy atom. The Morgan fingerprint density at radius 3 is 1.80 bits per heavy atom. The molecule has 0 aromatic heterocycles. The number of hydrogen-bond acceptors (Lipinski definition) is 5. The molecular formula is C30H59NO4. The molecule has 0 saturated heterocycles. The van der Waals surface area contributed by atoms with Crippen molar-refractivity contribution in [2.24, 2.45) is 10.8 Å². The minimum Gasteiger partial charge on any atom is -0.355 e. The van der Waals surface area contributed by atoms with E-state index in [1.807, 2.05) is 0 Å². The lowest BCUT2D eigenvalue weighted by Crippen LogP contribution is -2.43. The molecule has 0 saturated carbocycles. The Morgan fingerprint density at radius 2 is 1.23 bits per heavy atom. The van der Waals surface area contributed by atoms with Crippen molar-refractivity contribution in [3.8, 4) is 0 Å². The number of carbonyl (C=O) groups is 2. The molecule has 5 nitrogen and oxygen atoms in total. The molecule has 0 aliphatic carbocycles. The number of hydrogen-bond donors (Lipinski definition) is 1. The highest BCUT2D eigenvalue weighted by Gasteiger charge is 2.38. The average molecular weight is 498 g/mol. The van der Waals surface area contributed by atoms with E-state index in [0.29, 0.717) is 50.3 Å². The van der Waals surface area contributed by atoms with Crippen LogP contribution < -0.4 is 5.32 Å². The maximum absolute atomic E-state index is 12.4. The molecule has 1 atom stereocenters. The van der Waals surface area contributed by atoms with Crippen molar-refractivity contribution < 1.29 is 19.1 Å². The van der Waals surface area contributed by atoms with Crippen LogP contribution in [0, 0.1) is 10.8 Å². The maximum Gasteiger partial charge on any atom is 0.147 e. The van der Waals surface area contributed by atoms with Crippen LogP contribution >= 0.6 is 0 Å². The standard InChI is InChI=1S/C30H59NO4/c1-27(2,3)20-14-17-26(33)19-21-30(10,28(4,5)6)35-24-34-23-15-18-25(32)16-12-11-13-22-31-29(7,8)9/h31H,11-24H2,1-10H3. The first kappa shape index (κ1) is 34.2. The third kappa shape index (κ3) is 19.1. The van der Waals surface area contributed by atoms with Gasteiger partial charge in [0.25, 0.3) is 0 Å². The van der Waals surface area contributed by atoms with Crippen LogP contribution in [0.4, 0.5) is 0 Å². The maximum atomic E-state index is 12.4. The smallest absolute Gasteiger partial charge is 0.147 e. The van der Waals surface area contributed by atoms with Gasteiger partial charge < -0.3 is 14.8 Å². The highest BCUT2D eigenvalue weighted by atomic mass is 16.7. The molecule has 0 aliphatic rings. The first-order valence-corrected chi connectivity index (χ1v) is 14.0. The quantitative estimate of drug-likeness (QED) is 0.147. The highest BCUT2D eigenvalue weighted by Crippen LogP contribution is 2.37. The first-order chi connectivity index (χ1) is 16.0. The Labute approximate surface area is 217 Å². The van der Waals surface area contributed by atoms with Crippen LogP contribution in [0.15, 0.2) is 0 Å². The van der Waals surface area contributed by atoms with E-state index in [1.54, 1.807) is 0 Å². The van der Waals surface area contributed by atoms with Gasteiger partial charge in [-0.2, -0.15) is 0 Å². The lowest BCUT2D eigenvalue weighted by atomic mass is 9.74. The van der Waals surface area contributed by atoms with Crippen molar-refractivity contribution in [3.63, 3.8) is 0 Å². The number of unbranched alkanes of at least 4 members (excludes halogenated alkanes) is 2. The Balaban J connectivity index is 4.09. The van der Waals surface area contributed by atoms with Crippen LogP contribution in [0.25, 0.3) is 0 Å². The van der Waals surface area contributed by atoms with Gasteiger partial charge in [-0.3, -0.25) is 9.59 Å². The van der Waals surface area contributed by atoms with Crippen molar-refractivity contribution in [3.05, 3.63) is 0 Å². The van der Waals surface area contributed by atoms with Crippen molar-refractivity contribution in [2.75, 3.05) is 19.9 Å². The fourth-order valence-corrected chi connectivity index (χ4v) is 3.80. The van der Waals surface area contributed by atoms with Crippen LogP contribution in [-0.2, 0) is 19.1 Å². The average Bonchev–Trinajstić information content (AvgIpc) is 2.69. The minimum absolute atomic E-state index is 0.111. The molecule has 0 aromatic carbocycles. The number of rotatable bonds is 19. The van der Waals surface area contributed by atoms with Gasteiger partial charge in [0.2, 0.25) is 0 Å². The number of Topliss-reactive ketones (excluding diaryl/α,β-unsaturated/α-hetero) is 2. The van der Waals surface area contributed by atoms with Crippen LogP contribution in [-0.4, -0.2) is 42.7 Å². The van der Waals surface area contributed by atoms with Gasteiger partial charge in [-0.05, 0) is 83.6 Å². The van der Waals surface area contributed by atoms with E-state index in [0.717, 1.165) is 45.1 Å². The number of nitrogens with one attached hydrogen (secondary N) is 1. The summed E-state index contributed by atoms with van der Waals surface area (Å²) < 4.78 is 11.9. The van der Waals surface area contributed by atoms with Gasteiger partial charge in [-0.1, -0.05) is 48.0 Å². The summed E-state index contributed by atoms with van der Waals surface area (Å²) in [6, 6.07) is 0. The Kier molecular flexibility index (Phi) is 15.8. The van der Waals surface area contributed by atoms with Crippen molar-refractivity contribution in [1.82, 2.24) is 5.32 Å². The summed E-state index contributed by atoms with van der Waals surface area (Å²) in [7, 11) is 0. The van der Waals surface area contributed by atoms with Crippen LogP contribution in [0.2, 0.25) is 0 Å². The van der Waals surface area contributed by atoms with Gasteiger partial charge in [0.05, 0.1) is 5.60 Å². The zero-order valence-electron chi connectivity index (χ0n) is 25.0. The summed E-state index contributed by atoms with van der Waals surface area (Å²) in [5.41, 5.74) is -0.118. The molecule has 208 valence electrons. The molecule has 0 aromatic rings. The monoisotopic (exact) mass is 497 g/mol. The summed E-state index contributed by atoms with van der Waals surface area (Å²) in [6.07, 6.45) is 9.02. The second-order valence-electron chi connectivity index (χ2n) is 13.7. The second kappa shape index (κ2) is 16.1. The topological polar surface area (TPSA) is 64.6 Å². The van der Waals surface area contributed by atoms with Gasteiger partial charge >= 0.3 is 0 Å². The van der Waals surface area contributed by atoms with Gasteiger partial charge in [0.15, 0.2) is 0 Å². The summed E-state index contributed by atoms with van der Waals surface area (Å²) >= 11 is 0. The van der Waals surface area contributed by atoms with Crippen LogP contribution in [0.5, 0.6) is 0 Å². The van der Waals surface area contributed by atoms with Crippen molar-refractivity contribution in [2.45, 2.75) is 151 Å². The highest BCUT2D eigenvalue weighted by molar-refractivity contribution is 5.78. The van der Waals surface area contributed by atoms with Gasteiger partial charge in [-0.25, -0.2) is 0 Å². The SMILES string of the molecule is CC(C)(C)CCCC(=O)CCC(C)(OCOCCCC(=O)CCCCCNC(C)(C)C)C(C)(C)C. The summed E-state index contributed by atoms with van der Waals surface area (Å²) in [6.45, 7) is 23.4. The number of ether oxygens (including phenoxy) is 2. The lowest BCUT2D eigenvalue weighted by molar-refractivity contribution is -0.180. The van der Waals surface area contributed by atoms with Gasteiger partial charge in [0, 0.05) is 37.8 Å². The van der Waals surface area contributed by atoms with Crippen LogP contribution in [0.1, 0.15) is 140 Å². The van der Waals surface area contributed by atoms with E-state index < -0.39 is 5.60 Å². The van der Waals surface area contributed by atoms with Crippen molar-refractivity contribution in [1.29, 1.82) is 0 Å². The van der Waals surface area contributed by atoms with Crippen molar-refractivity contribution >= 4 is 11.6 Å². The molecule has 0 amide bonds. The fraction of sp³-hybridized carbons (Fsp3) is 0.933. The lowest BCUT2D eigenvalue weighted by Gasteiger charge is -2.41. The first-order valence-electron chi connectivity index (χ1n) is 14.0. The third-order valence-electron chi connectivity index (χ3n) is 6.84. The van der Waals surface area contributed by atoms with E-state index in [9.17, 15) is 9.59 Å². The zero-order chi connectivity index (χ0) is 27.2. The van der Waals surface area contributed by atoms with Gasteiger partial charge in [-0.15, -0.1) is 0 Å². The fourth-order valence-electron chi connectivity index (χ4n) is 3.80. The molecule has 0 radical (unpaired) electrons. The predicted molar refractivity (Wildman–Crippen MR) is 148 cm³/mol. The summed E-state index contributed by atoms with van der Waals surface area (Å²) in [5.74, 6) is 0.640. The van der Waals surface area contributed by atoms with Crippen LogP contribution in [0.3, 0.4) is 0 Å². The van der Waals surface area contributed by atoms with E-state index >= 15 is 0 Å². The molecule has 0 bridgehead atoms. The summed E-state index contributed by atoms with van der Waals surface area (Å²) in [5, 5.41) is 3.48. The second-order valence-corrected chi connectivity index (χ2v) is 13.7. The molecule has 5 heteroatoms. The molecule has 0 aliphatic heterocycles. The van der Waals surface area contributed by atoms with Gasteiger partial charge in [0.1, 0.15) is 18.4 Å². The Hall–Kier alpha value is -0.780. The zero-order valence-corrected chi connectivity index (χ0v) is 25.0. The molecule has 0 fully saturated rings. The molecule has 0 spiro atoms. The molecule has 1 unspecified atom stereocenters. The predicted octanol–water partition coefficient (Wildman–Crippen LogP) is 7.65. The molecule has 0 heterocycles. The molecule has 35 heavy (non-hydrogen) atoms. The van der Waals surface area contributed by atoms with E-state index in [4.69, 9.17) is 9.47 Å². The largest absolute Gasteiger partial charge is 0.355 e. The summed E-state index contributed by atoms with van der Waals surface area (Å²) in [4.78, 5) is 24.5. The molecule has 1 N–H and O–H groups in total. The normalized spacial score (nSPS) is 14.7. The minimum atomic E-state index is -0.440. The Bertz CT molecular complexity index is 595. The third-order valence-corrected chi connectivity index (χ3v) is 6.84.